The number of benzene rings is 1. The van der Waals surface area contributed by atoms with Crippen LogP contribution in [0.2, 0.25) is 0 Å². The van der Waals surface area contributed by atoms with Crippen molar-refractivity contribution in [1.82, 2.24) is 0 Å². The second-order valence-electron chi connectivity index (χ2n) is 9.04. The van der Waals surface area contributed by atoms with Crippen molar-refractivity contribution in [3.63, 3.8) is 0 Å². The molecule has 0 aliphatic carbocycles. The molecule has 166 valence electrons. The fraction of sp³-hybridized carbons (Fsp3) is 0.708. The first-order chi connectivity index (χ1) is 13.5. The quantitative estimate of drug-likeness (QED) is 0.483. The molecule has 0 radical (unpaired) electrons. The molecule has 0 aromatic heterocycles. The largest absolute Gasteiger partial charge is 0.392 e. The Hall–Kier alpha value is -1.27. The summed E-state index contributed by atoms with van der Waals surface area (Å²) in [4.78, 5) is 13.2. The summed E-state index contributed by atoms with van der Waals surface area (Å²) in [6.07, 6.45) is -1.63. The van der Waals surface area contributed by atoms with Gasteiger partial charge in [0.05, 0.1) is 36.9 Å². The van der Waals surface area contributed by atoms with Gasteiger partial charge in [-0.25, -0.2) is 0 Å². The number of ether oxygens (including phenoxy) is 3. The maximum Gasteiger partial charge on any atom is 0.170 e. The number of hydrogen-bond donors (Lipinski definition) is 1. The Morgan fingerprint density at radius 2 is 1.48 bits per heavy atom. The van der Waals surface area contributed by atoms with E-state index in [0.29, 0.717) is 13.2 Å². The van der Waals surface area contributed by atoms with E-state index >= 15 is 0 Å². The zero-order valence-corrected chi connectivity index (χ0v) is 19.3. The number of hydrogen-bond acceptors (Lipinski definition) is 5. The van der Waals surface area contributed by atoms with E-state index < -0.39 is 23.7 Å². The lowest BCUT2D eigenvalue weighted by Gasteiger charge is -2.38. The molecule has 0 amide bonds. The summed E-state index contributed by atoms with van der Waals surface area (Å²) in [5.41, 5.74) is 0.193. The monoisotopic (exact) mass is 408 g/mol. The van der Waals surface area contributed by atoms with Crippen LogP contribution in [0.1, 0.15) is 61.0 Å². The third kappa shape index (κ3) is 8.17. The maximum atomic E-state index is 13.2. The van der Waals surface area contributed by atoms with Crippen molar-refractivity contribution in [2.24, 2.45) is 17.3 Å². The molecule has 0 heterocycles. The summed E-state index contributed by atoms with van der Waals surface area (Å²) in [6.45, 7) is 15.9. The molecule has 0 saturated heterocycles. The zero-order valence-electron chi connectivity index (χ0n) is 19.3. The molecule has 1 N–H and O–H groups in total. The average molecular weight is 409 g/mol. The van der Waals surface area contributed by atoms with Crippen molar-refractivity contribution in [1.29, 1.82) is 0 Å². The molecule has 0 fully saturated rings. The van der Waals surface area contributed by atoms with Gasteiger partial charge in [-0.05, 0) is 47.1 Å². The van der Waals surface area contributed by atoms with Gasteiger partial charge in [-0.3, -0.25) is 4.79 Å². The molecule has 1 aromatic rings. The van der Waals surface area contributed by atoms with Gasteiger partial charge >= 0.3 is 0 Å². The van der Waals surface area contributed by atoms with Crippen LogP contribution < -0.4 is 0 Å². The highest BCUT2D eigenvalue weighted by molar-refractivity contribution is 5.87. The molecular weight excluding hydrogens is 368 g/mol. The van der Waals surface area contributed by atoms with E-state index in [1.54, 1.807) is 6.92 Å². The van der Waals surface area contributed by atoms with Gasteiger partial charge < -0.3 is 19.3 Å². The lowest BCUT2D eigenvalue weighted by Crippen LogP contribution is -2.48. The third-order valence-electron chi connectivity index (χ3n) is 5.02. The number of carbonyl (C=O) groups is 1. The predicted octanol–water partition coefficient (Wildman–Crippen LogP) is 4.61. The SMILES string of the molecule is CC(C)OC(OC(C)C)C(C)(C)C(=O)[C@H](C)C(O)[C@@H](C)COCc1ccccc1. The number of rotatable bonds is 13. The molecule has 0 saturated carbocycles. The second-order valence-corrected chi connectivity index (χ2v) is 9.04. The maximum absolute atomic E-state index is 13.2. The summed E-state index contributed by atoms with van der Waals surface area (Å²) in [7, 11) is 0. The van der Waals surface area contributed by atoms with E-state index in [1.807, 2.05) is 78.8 Å². The Labute approximate surface area is 176 Å². The van der Waals surface area contributed by atoms with Crippen molar-refractivity contribution < 1.29 is 24.1 Å². The van der Waals surface area contributed by atoms with Crippen LogP contribution in [-0.2, 0) is 25.6 Å². The molecule has 5 heteroatoms. The molecule has 0 spiro atoms. The van der Waals surface area contributed by atoms with E-state index in [9.17, 15) is 9.90 Å². The van der Waals surface area contributed by atoms with E-state index in [-0.39, 0.29) is 23.9 Å². The average Bonchev–Trinajstić information content (AvgIpc) is 2.65. The van der Waals surface area contributed by atoms with Crippen LogP contribution in [0.25, 0.3) is 0 Å². The standard InChI is InChI=1S/C24H40O5/c1-16(2)28-23(29-17(3)4)24(7,8)22(26)19(6)21(25)18(5)14-27-15-20-12-10-9-11-13-20/h9-13,16-19,21,23,25H,14-15H2,1-8H3/t18-,19+,21?/m0/s1. The van der Waals surface area contributed by atoms with Gasteiger partial charge in [-0.2, -0.15) is 0 Å². The van der Waals surface area contributed by atoms with Crippen molar-refractivity contribution in [2.45, 2.75) is 86.6 Å². The first-order valence-corrected chi connectivity index (χ1v) is 10.6. The van der Waals surface area contributed by atoms with Crippen LogP contribution in [0.15, 0.2) is 30.3 Å². The number of carbonyl (C=O) groups excluding carboxylic acids is 1. The molecule has 1 aromatic carbocycles. The highest BCUT2D eigenvalue weighted by Crippen LogP contribution is 2.33. The summed E-state index contributed by atoms with van der Waals surface area (Å²) in [5, 5.41) is 10.8. The van der Waals surface area contributed by atoms with Crippen LogP contribution in [0, 0.1) is 17.3 Å². The molecule has 5 nitrogen and oxygen atoms in total. The van der Waals surface area contributed by atoms with Gasteiger partial charge in [0, 0.05) is 11.8 Å². The molecule has 3 atom stereocenters. The van der Waals surface area contributed by atoms with Gasteiger partial charge in [0.15, 0.2) is 6.29 Å². The molecular formula is C24H40O5. The van der Waals surface area contributed by atoms with Crippen LogP contribution in [0.3, 0.4) is 0 Å². The number of aliphatic hydroxyl groups is 1. The zero-order chi connectivity index (χ0) is 22.2. The molecule has 0 aliphatic rings. The highest BCUT2D eigenvalue weighted by atomic mass is 16.7. The van der Waals surface area contributed by atoms with Crippen molar-refractivity contribution in [2.75, 3.05) is 6.61 Å². The minimum absolute atomic E-state index is 0.0728. The van der Waals surface area contributed by atoms with Crippen LogP contribution in [0.4, 0.5) is 0 Å². The van der Waals surface area contributed by atoms with Gasteiger partial charge in [0.1, 0.15) is 5.78 Å². The summed E-state index contributed by atoms with van der Waals surface area (Å²) in [5.74, 6) is -0.815. The normalized spacial score (nSPS) is 15.7. The topological polar surface area (TPSA) is 65.0 Å². The number of aliphatic hydroxyl groups excluding tert-OH is 1. The van der Waals surface area contributed by atoms with Gasteiger partial charge in [0.25, 0.3) is 0 Å². The Balaban J connectivity index is 2.71. The molecule has 29 heavy (non-hydrogen) atoms. The Morgan fingerprint density at radius 1 is 0.966 bits per heavy atom. The fourth-order valence-electron chi connectivity index (χ4n) is 3.25. The lowest BCUT2D eigenvalue weighted by atomic mass is 9.77. The Morgan fingerprint density at radius 3 is 1.97 bits per heavy atom. The second kappa shape index (κ2) is 11.8. The van der Waals surface area contributed by atoms with E-state index in [2.05, 4.69) is 0 Å². The molecule has 0 aliphatic heterocycles. The lowest BCUT2D eigenvalue weighted by molar-refractivity contribution is -0.229. The molecule has 0 bridgehead atoms. The number of ketones is 1. The fourth-order valence-corrected chi connectivity index (χ4v) is 3.25. The van der Waals surface area contributed by atoms with Crippen molar-refractivity contribution >= 4 is 5.78 Å². The first-order valence-electron chi connectivity index (χ1n) is 10.6. The van der Waals surface area contributed by atoms with Crippen molar-refractivity contribution in [3.05, 3.63) is 35.9 Å². The minimum atomic E-state index is -0.889. The summed E-state index contributed by atoms with van der Waals surface area (Å²) < 4.78 is 17.6. The van der Waals surface area contributed by atoms with Crippen LogP contribution in [0.5, 0.6) is 0 Å². The van der Waals surface area contributed by atoms with Crippen molar-refractivity contribution in [3.8, 4) is 0 Å². The number of Topliss-reactive ketones (excluding diaryl/α,β-unsaturated/α-hetero) is 1. The molecule has 1 rings (SSSR count). The van der Waals surface area contributed by atoms with Gasteiger partial charge in [-0.1, -0.05) is 44.2 Å². The van der Waals surface area contributed by atoms with Gasteiger partial charge in [-0.15, -0.1) is 0 Å². The van der Waals surface area contributed by atoms with Crippen LogP contribution >= 0.6 is 0 Å². The summed E-state index contributed by atoms with van der Waals surface area (Å²) >= 11 is 0. The van der Waals surface area contributed by atoms with E-state index in [0.717, 1.165) is 5.56 Å². The van der Waals surface area contributed by atoms with E-state index in [1.165, 1.54) is 0 Å². The molecule has 1 unspecified atom stereocenters. The smallest absolute Gasteiger partial charge is 0.170 e. The third-order valence-corrected chi connectivity index (χ3v) is 5.02. The first kappa shape index (κ1) is 25.8. The predicted molar refractivity (Wildman–Crippen MR) is 115 cm³/mol. The Bertz CT molecular complexity index is 587. The summed E-state index contributed by atoms with van der Waals surface area (Å²) in [6, 6.07) is 9.90. The highest BCUT2D eigenvalue weighted by Gasteiger charge is 2.44. The van der Waals surface area contributed by atoms with Crippen LogP contribution in [-0.4, -0.2) is 42.1 Å². The van der Waals surface area contributed by atoms with E-state index in [4.69, 9.17) is 14.2 Å². The Kier molecular flexibility index (Phi) is 10.5. The van der Waals surface area contributed by atoms with Gasteiger partial charge in [0.2, 0.25) is 0 Å². The minimum Gasteiger partial charge on any atom is -0.392 e.